The van der Waals surface area contributed by atoms with E-state index in [1.54, 1.807) is 24.3 Å². The van der Waals surface area contributed by atoms with Gasteiger partial charge in [0.15, 0.2) is 11.0 Å². The zero-order valence-electron chi connectivity index (χ0n) is 18.2. The minimum atomic E-state index is -0.386. The Morgan fingerprint density at radius 2 is 1.73 bits per heavy atom. The highest BCUT2D eigenvalue weighted by Gasteiger charge is 2.21. The highest BCUT2D eigenvalue weighted by Crippen LogP contribution is 2.27. The van der Waals surface area contributed by atoms with Gasteiger partial charge < -0.3 is 10.1 Å². The van der Waals surface area contributed by atoms with Crippen molar-refractivity contribution >= 4 is 35.0 Å². The van der Waals surface area contributed by atoms with Crippen LogP contribution >= 0.6 is 23.4 Å². The molecule has 6 nitrogen and oxygen atoms in total. The first-order valence-corrected chi connectivity index (χ1v) is 11.7. The number of benzene rings is 3. The van der Waals surface area contributed by atoms with E-state index in [1.807, 2.05) is 73.0 Å². The number of hydrogen-bond acceptors (Lipinski definition) is 5. The molecule has 0 aliphatic heterocycles. The van der Waals surface area contributed by atoms with E-state index >= 15 is 0 Å². The maximum absolute atomic E-state index is 12.8. The molecule has 0 bridgehead atoms. The van der Waals surface area contributed by atoms with Gasteiger partial charge in [0, 0.05) is 16.4 Å². The summed E-state index contributed by atoms with van der Waals surface area (Å²) >= 11 is 7.30. The van der Waals surface area contributed by atoms with Gasteiger partial charge in [-0.3, -0.25) is 9.36 Å². The standard InChI is InChI=1S/C25H23ClN4O2S/c1-17-8-12-20(13-9-17)27-24(31)18(2)33-25-29-28-23(30(25)21-6-4-3-5-7-21)16-32-22-14-10-19(26)11-15-22/h3-15,18H,16H2,1-2H3,(H,27,31). The van der Waals surface area contributed by atoms with E-state index in [1.165, 1.54) is 11.8 Å². The van der Waals surface area contributed by atoms with Crippen molar-refractivity contribution in [2.24, 2.45) is 0 Å². The number of rotatable bonds is 8. The largest absolute Gasteiger partial charge is 0.486 e. The molecule has 8 heteroatoms. The van der Waals surface area contributed by atoms with Crippen molar-refractivity contribution in [3.05, 3.63) is 95.3 Å². The van der Waals surface area contributed by atoms with Crippen LogP contribution < -0.4 is 10.1 Å². The lowest BCUT2D eigenvalue weighted by molar-refractivity contribution is -0.115. The van der Waals surface area contributed by atoms with Gasteiger partial charge in [0.1, 0.15) is 12.4 Å². The summed E-state index contributed by atoms with van der Waals surface area (Å²) in [4.78, 5) is 12.8. The van der Waals surface area contributed by atoms with Gasteiger partial charge in [0.05, 0.1) is 5.25 Å². The number of para-hydroxylation sites is 1. The van der Waals surface area contributed by atoms with Crippen LogP contribution in [-0.2, 0) is 11.4 Å². The summed E-state index contributed by atoms with van der Waals surface area (Å²) in [7, 11) is 0. The molecule has 4 aromatic rings. The van der Waals surface area contributed by atoms with E-state index in [2.05, 4.69) is 15.5 Å². The molecule has 4 rings (SSSR count). The maximum Gasteiger partial charge on any atom is 0.237 e. The molecule has 168 valence electrons. The van der Waals surface area contributed by atoms with Crippen LogP contribution in [0.5, 0.6) is 5.75 Å². The molecule has 0 aliphatic rings. The topological polar surface area (TPSA) is 69.0 Å². The van der Waals surface area contributed by atoms with E-state index in [0.29, 0.717) is 21.8 Å². The van der Waals surface area contributed by atoms with Gasteiger partial charge in [-0.2, -0.15) is 0 Å². The molecule has 0 radical (unpaired) electrons. The van der Waals surface area contributed by atoms with Gasteiger partial charge >= 0.3 is 0 Å². The molecular formula is C25H23ClN4O2S. The monoisotopic (exact) mass is 478 g/mol. The number of thioether (sulfide) groups is 1. The Balaban J connectivity index is 1.52. The maximum atomic E-state index is 12.8. The summed E-state index contributed by atoms with van der Waals surface area (Å²) in [6, 6.07) is 24.6. The van der Waals surface area contributed by atoms with E-state index in [4.69, 9.17) is 16.3 Å². The van der Waals surface area contributed by atoms with Gasteiger partial charge in [-0.05, 0) is 62.4 Å². The van der Waals surface area contributed by atoms with Crippen molar-refractivity contribution in [3.8, 4) is 11.4 Å². The molecule has 0 saturated heterocycles. The van der Waals surface area contributed by atoms with Crippen LogP contribution in [0, 0.1) is 6.92 Å². The summed E-state index contributed by atoms with van der Waals surface area (Å²) in [6.07, 6.45) is 0. The molecule has 1 atom stereocenters. The molecule has 1 aromatic heterocycles. The Hall–Kier alpha value is -3.29. The van der Waals surface area contributed by atoms with Crippen LogP contribution in [0.25, 0.3) is 5.69 Å². The minimum absolute atomic E-state index is 0.106. The molecule has 33 heavy (non-hydrogen) atoms. The Bertz CT molecular complexity index is 1210. The lowest BCUT2D eigenvalue weighted by Gasteiger charge is -2.14. The predicted octanol–water partition coefficient (Wildman–Crippen LogP) is 5.93. The fourth-order valence-electron chi connectivity index (χ4n) is 3.08. The fourth-order valence-corrected chi connectivity index (χ4v) is 4.09. The van der Waals surface area contributed by atoms with Crippen molar-refractivity contribution in [2.45, 2.75) is 30.9 Å². The third-order valence-corrected chi connectivity index (χ3v) is 6.16. The van der Waals surface area contributed by atoms with E-state index < -0.39 is 0 Å². The number of hydrogen-bond donors (Lipinski definition) is 1. The smallest absolute Gasteiger partial charge is 0.237 e. The van der Waals surface area contributed by atoms with Gasteiger partial charge in [-0.25, -0.2) is 0 Å². The molecule has 0 aliphatic carbocycles. The first kappa shape index (κ1) is 22.9. The number of amides is 1. The number of halogens is 1. The Kier molecular flexibility index (Phi) is 7.32. The highest BCUT2D eigenvalue weighted by atomic mass is 35.5. The summed E-state index contributed by atoms with van der Waals surface area (Å²) in [5, 5.41) is 12.5. The third kappa shape index (κ3) is 5.94. The molecular weight excluding hydrogens is 456 g/mol. The number of ether oxygens (including phenoxy) is 1. The van der Waals surface area contributed by atoms with Crippen molar-refractivity contribution in [2.75, 3.05) is 5.32 Å². The molecule has 3 aromatic carbocycles. The fraction of sp³-hybridized carbons (Fsp3) is 0.160. The number of anilines is 1. The number of carbonyl (C=O) groups excluding carboxylic acids is 1. The van der Waals surface area contributed by atoms with E-state index in [9.17, 15) is 4.79 Å². The van der Waals surface area contributed by atoms with Crippen LogP contribution in [-0.4, -0.2) is 25.9 Å². The summed E-state index contributed by atoms with van der Waals surface area (Å²) in [6.45, 7) is 4.07. The van der Waals surface area contributed by atoms with Gasteiger partial charge in [0.25, 0.3) is 0 Å². The van der Waals surface area contributed by atoms with Crippen molar-refractivity contribution < 1.29 is 9.53 Å². The van der Waals surface area contributed by atoms with Crippen LogP contribution in [0.2, 0.25) is 5.02 Å². The highest BCUT2D eigenvalue weighted by molar-refractivity contribution is 8.00. The first-order valence-electron chi connectivity index (χ1n) is 10.4. The second-order valence-corrected chi connectivity index (χ2v) is 9.17. The molecule has 1 N–H and O–H groups in total. The molecule has 1 unspecified atom stereocenters. The number of carbonyl (C=O) groups is 1. The lowest BCUT2D eigenvalue weighted by atomic mass is 10.2. The van der Waals surface area contributed by atoms with Crippen LogP contribution in [0.3, 0.4) is 0 Å². The number of aromatic nitrogens is 3. The normalized spacial score (nSPS) is 11.7. The SMILES string of the molecule is Cc1ccc(NC(=O)C(C)Sc2nnc(COc3ccc(Cl)cc3)n2-c2ccccc2)cc1. The number of nitrogens with zero attached hydrogens (tertiary/aromatic N) is 3. The average Bonchev–Trinajstić information content (AvgIpc) is 3.23. The van der Waals surface area contributed by atoms with Crippen LogP contribution in [0.4, 0.5) is 5.69 Å². The molecule has 0 fully saturated rings. The molecule has 0 spiro atoms. The zero-order chi connectivity index (χ0) is 23.2. The average molecular weight is 479 g/mol. The Morgan fingerprint density at radius 3 is 2.42 bits per heavy atom. The molecule has 0 saturated carbocycles. The third-order valence-electron chi connectivity index (χ3n) is 4.87. The van der Waals surface area contributed by atoms with Gasteiger partial charge in [0.2, 0.25) is 5.91 Å². The van der Waals surface area contributed by atoms with E-state index in [0.717, 1.165) is 16.9 Å². The second-order valence-electron chi connectivity index (χ2n) is 7.43. The van der Waals surface area contributed by atoms with Gasteiger partial charge in [-0.1, -0.05) is 59.3 Å². The zero-order valence-corrected chi connectivity index (χ0v) is 19.8. The van der Waals surface area contributed by atoms with E-state index in [-0.39, 0.29) is 17.8 Å². The van der Waals surface area contributed by atoms with Crippen molar-refractivity contribution in [1.29, 1.82) is 0 Å². The lowest BCUT2D eigenvalue weighted by Crippen LogP contribution is -2.23. The van der Waals surface area contributed by atoms with Crippen LogP contribution in [0.15, 0.2) is 84.0 Å². The van der Waals surface area contributed by atoms with Crippen molar-refractivity contribution in [3.63, 3.8) is 0 Å². The molecule has 1 amide bonds. The predicted molar refractivity (Wildman–Crippen MR) is 132 cm³/mol. The molecule has 1 heterocycles. The second kappa shape index (κ2) is 10.6. The first-order chi connectivity index (χ1) is 16.0. The van der Waals surface area contributed by atoms with Crippen molar-refractivity contribution in [1.82, 2.24) is 14.8 Å². The number of aryl methyl sites for hydroxylation is 1. The Morgan fingerprint density at radius 1 is 1.03 bits per heavy atom. The summed E-state index contributed by atoms with van der Waals surface area (Å²) in [5.74, 6) is 1.21. The minimum Gasteiger partial charge on any atom is -0.486 e. The van der Waals surface area contributed by atoms with Crippen LogP contribution in [0.1, 0.15) is 18.3 Å². The quantitative estimate of drug-likeness (QED) is 0.318. The summed E-state index contributed by atoms with van der Waals surface area (Å²) < 4.78 is 7.81. The Labute approximate surface area is 202 Å². The summed E-state index contributed by atoms with van der Waals surface area (Å²) in [5.41, 5.74) is 2.80. The number of nitrogens with one attached hydrogen (secondary N) is 1. The van der Waals surface area contributed by atoms with Gasteiger partial charge in [-0.15, -0.1) is 10.2 Å².